The van der Waals surface area contributed by atoms with Gasteiger partial charge in [-0.1, -0.05) is 0 Å². The third kappa shape index (κ3) is 2.83. The first-order chi connectivity index (χ1) is 8.69. The Labute approximate surface area is 115 Å². The topological polar surface area (TPSA) is 65.3 Å². The lowest BCUT2D eigenvalue weighted by Gasteiger charge is -2.37. The normalized spacial score (nSPS) is 18.1. The molecule has 0 aliphatic carbocycles. The highest BCUT2D eigenvalue weighted by molar-refractivity contribution is 9.10. The number of rotatable bonds is 3. The number of nitriles is 1. The first kappa shape index (κ1) is 13.3. The summed E-state index contributed by atoms with van der Waals surface area (Å²) in [5.74, 6) is 0. The molecule has 2 N–H and O–H groups in total. The molecule has 0 spiro atoms. The predicted molar refractivity (Wildman–Crippen MR) is 72.3 cm³/mol. The van der Waals surface area contributed by atoms with Crippen LogP contribution in [0.4, 0.5) is 5.69 Å². The van der Waals surface area contributed by atoms with E-state index in [9.17, 15) is 5.11 Å². The molecule has 0 bridgehead atoms. The van der Waals surface area contributed by atoms with Gasteiger partial charge in [0.25, 0.3) is 0 Å². The van der Waals surface area contributed by atoms with Crippen molar-refractivity contribution in [2.75, 3.05) is 25.1 Å². The Kier molecular flexibility index (Phi) is 4.23. The van der Waals surface area contributed by atoms with Crippen LogP contribution in [0.1, 0.15) is 18.4 Å². The van der Waals surface area contributed by atoms with Crippen LogP contribution in [-0.4, -0.2) is 30.5 Å². The minimum Gasteiger partial charge on any atom is -0.394 e. The molecule has 18 heavy (non-hydrogen) atoms. The Balaban J connectivity index is 2.17. The molecule has 2 rings (SSSR count). The van der Waals surface area contributed by atoms with Crippen molar-refractivity contribution in [3.05, 3.63) is 28.2 Å². The highest BCUT2D eigenvalue weighted by Gasteiger charge is 2.31. The fourth-order valence-corrected chi connectivity index (χ4v) is 2.54. The van der Waals surface area contributed by atoms with Crippen molar-refractivity contribution in [3.63, 3.8) is 0 Å². The van der Waals surface area contributed by atoms with E-state index in [2.05, 4.69) is 27.3 Å². The van der Waals surface area contributed by atoms with Crippen LogP contribution in [0.3, 0.4) is 0 Å². The lowest BCUT2D eigenvalue weighted by atomic mass is 9.90. The first-order valence-electron chi connectivity index (χ1n) is 5.85. The molecule has 1 aliphatic heterocycles. The molecule has 1 aromatic rings. The van der Waals surface area contributed by atoms with Gasteiger partial charge in [0.1, 0.15) is 6.07 Å². The number of ether oxygens (including phenoxy) is 1. The van der Waals surface area contributed by atoms with Crippen LogP contribution in [-0.2, 0) is 4.74 Å². The summed E-state index contributed by atoms with van der Waals surface area (Å²) < 4.78 is 6.08. The second-order valence-corrected chi connectivity index (χ2v) is 5.34. The molecule has 96 valence electrons. The molecule has 0 aromatic heterocycles. The van der Waals surface area contributed by atoms with Gasteiger partial charge in [-0.05, 0) is 47.0 Å². The molecule has 1 fully saturated rings. The van der Waals surface area contributed by atoms with Gasteiger partial charge in [0.2, 0.25) is 0 Å². The molecule has 1 aromatic carbocycles. The fraction of sp³-hybridized carbons (Fsp3) is 0.462. The van der Waals surface area contributed by atoms with Gasteiger partial charge in [0.15, 0.2) is 0 Å². The molecule has 5 heteroatoms. The molecule has 1 saturated heterocycles. The zero-order valence-electron chi connectivity index (χ0n) is 9.95. The summed E-state index contributed by atoms with van der Waals surface area (Å²) in [6, 6.07) is 7.59. The highest BCUT2D eigenvalue weighted by atomic mass is 79.9. The van der Waals surface area contributed by atoms with Crippen molar-refractivity contribution in [2.45, 2.75) is 18.4 Å². The van der Waals surface area contributed by atoms with Crippen LogP contribution < -0.4 is 5.32 Å². The monoisotopic (exact) mass is 310 g/mol. The Morgan fingerprint density at radius 1 is 1.44 bits per heavy atom. The molecule has 1 heterocycles. The van der Waals surface area contributed by atoms with Gasteiger partial charge in [-0.2, -0.15) is 5.26 Å². The summed E-state index contributed by atoms with van der Waals surface area (Å²) in [6.07, 6.45) is 1.56. The Morgan fingerprint density at radius 3 is 2.72 bits per heavy atom. The molecule has 0 saturated carbocycles. The number of hydrogen-bond acceptors (Lipinski definition) is 4. The van der Waals surface area contributed by atoms with Crippen LogP contribution in [0.25, 0.3) is 0 Å². The predicted octanol–water partition coefficient (Wildman–Crippen LogP) is 2.27. The number of halogens is 1. The standard InChI is InChI=1S/C13H15BrN2O2/c14-12-7-11(2-1-10(12)8-15)16-13(9-17)3-5-18-6-4-13/h1-2,7,16-17H,3-6,9H2. The summed E-state index contributed by atoms with van der Waals surface area (Å²) in [4.78, 5) is 0. The maximum absolute atomic E-state index is 9.59. The first-order valence-corrected chi connectivity index (χ1v) is 6.65. The van der Waals surface area contributed by atoms with E-state index in [0.29, 0.717) is 18.8 Å². The van der Waals surface area contributed by atoms with E-state index in [1.807, 2.05) is 12.1 Å². The molecule has 1 aliphatic rings. The number of aliphatic hydroxyl groups is 1. The van der Waals surface area contributed by atoms with Gasteiger partial charge in [-0.25, -0.2) is 0 Å². The van der Waals surface area contributed by atoms with Crippen LogP contribution in [0.2, 0.25) is 0 Å². The van der Waals surface area contributed by atoms with E-state index in [1.54, 1.807) is 6.07 Å². The number of benzene rings is 1. The minimum absolute atomic E-state index is 0.0774. The molecule has 0 unspecified atom stereocenters. The molecular formula is C13H15BrN2O2. The summed E-state index contributed by atoms with van der Waals surface area (Å²) in [7, 11) is 0. The second-order valence-electron chi connectivity index (χ2n) is 4.48. The van der Waals surface area contributed by atoms with Crippen molar-refractivity contribution >= 4 is 21.6 Å². The molecule has 4 nitrogen and oxygen atoms in total. The Hall–Kier alpha value is -1.09. The van der Waals surface area contributed by atoms with Gasteiger partial charge < -0.3 is 15.2 Å². The lowest BCUT2D eigenvalue weighted by molar-refractivity contribution is 0.0380. The van der Waals surface area contributed by atoms with Crippen molar-refractivity contribution in [3.8, 4) is 6.07 Å². The van der Waals surface area contributed by atoms with Gasteiger partial charge in [-0.3, -0.25) is 0 Å². The summed E-state index contributed by atoms with van der Waals surface area (Å²) >= 11 is 3.36. The number of hydrogen-bond donors (Lipinski definition) is 2. The Bertz CT molecular complexity index is 465. The SMILES string of the molecule is N#Cc1ccc(NC2(CO)CCOCC2)cc1Br. The van der Waals surface area contributed by atoms with E-state index in [-0.39, 0.29) is 12.1 Å². The van der Waals surface area contributed by atoms with Crippen LogP contribution in [0.5, 0.6) is 0 Å². The highest BCUT2D eigenvalue weighted by Crippen LogP contribution is 2.28. The average Bonchev–Trinajstić information content (AvgIpc) is 2.40. The zero-order chi connectivity index (χ0) is 13.0. The smallest absolute Gasteiger partial charge is 0.100 e. The van der Waals surface area contributed by atoms with Crippen LogP contribution in [0.15, 0.2) is 22.7 Å². The van der Waals surface area contributed by atoms with E-state index >= 15 is 0 Å². The average molecular weight is 311 g/mol. The number of nitrogens with one attached hydrogen (secondary N) is 1. The van der Waals surface area contributed by atoms with Crippen LogP contribution >= 0.6 is 15.9 Å². The molecule has 0 atom stereocenters. The number of nitrogens with zero attached hydrogens (tertiary/aromatic N) is 1. The van der Waals surface area contributed by atoms with Crippen molar-refractivity contribution in [1.29, 1.82) is 5.26 Å². The lowest BCUT2D eigenvalue weighted by Crippen LogP contribution is -2.46. The van der Waals surface area contributed by atoms with Crippen molar-refractivity contribution in [2.24, 2.45) is 0 Å². The molecular weight excluding hydrogens is 296 g/mol. The van der Waals surface area contributed by atoms with E-state index in [0.717, 1.165) is 23.0 Å². The van der Waals surface area contributed by atoms with Gasteiger partial charge in [0.05, 0.1) is 17.7 Å². The quantitative estimate of drug-likeness (QED) is 0.899. The van der Waals surface area contributed by atoms with E-state index in [1.165, 1.54) is 0 Å². The number of aliphatic hydroxyl groups excluding tert-OH is 1. The third-order valence-corrected chi connectivity index (χ3v) is 3.91. The third-order valence-electron chi connectivity index (χ3n) is 3.25. The van der Waals surface area contributed by atoms with Gasteiger partial charge >= 0.3 is 0 Å². The molecule has 0 radical (unpaired) electrons. The largest absolute Gasteiger partial charge is 0.394 e. The van der Waals surface area contributed by atoms with Gasteiger partial charge in [-0.15, -0.1) is 0 Å². The summed E-state index contributed by atoms with van der Waals surface area (Å²) in [6.45, 7) is 1.39. The zero-order valence-corrected chi connectivity index (χ0v) is 11.5. The second kappa shape index (κ2) is 5.70. The van der Waals surface area contributed by atoms with Crippen molar-refractivity contribution < 1.29 is 9.84 Å². The maximum atomic E-state index is 9.59. The summed E-state index contributed by atoms with van der Waals surface area (Å²) in [5, 5.41) is 21.8. The van der Waals surface area contributed by atoms with Gasteiger partial charge in [0, 0.05) is 23.4 Å². The minimum atomic E-state index is -0.314. The fourth-order valence-electron chi connectivity index (χ4n) is 2.07. The molecule has 0 amide bonds. The number of anilines is 1. The summed E-state index contributed by atoms with van der Waals surface area (Å²) in [5.41, 5.74) is 1.19. The Morgan fingerprint density at radius 2 is 2.17 bits per heavy atom. The van der Waals surface area contributed by atoms with E-state index < -0.39 is 0 Å². The van der Waals surface area contributed by atoms with E-state index in [4.69, 9.17) is 10.00 Å². The van der Waals surface area contributed by atoms with Crippen LogP contribution in [0, 0.1) is 11.3 Å². The maximum Gasteiger partial charge on any atom is 0.100 e. The van der Waals surface area contributed by atoms with Crippen molar-refractivity contribution in [1.82, 2.24) is 0 Å².